The highest BCUT2D eigenvalue weighted by Gasteiger charge is 2.37. The number of nitrogens with zero attached hydrogens (tertiary/aromatic N) is 2. The van der Waals surface area contributed by atoms with Gasteiger partial charge < -0.3 is 15.1 Å². The summed E-state index contributed by atoms with van der Waals surface area (Å²) in [5, 5.41) is 12.5. The fourth-order valence-electron chi connectivity index (χ4n) is 6.30. The second-order valence-corrected chi connectivity index (χ2v) is 13.0. The minimum Gasteiger partial charge on any atom is -0.363 e. The fourth-order valence-corrected chi connectivity index (χ4v) is 6.30. The van der Waals surface area contributed by atoms with Gasteiger partial charge in [-0.05, 0) is 85.7 Å². The molecule has 2 aliphatic heterocycles. The van der Waals surface area contributed by atoms with E-state index in [1.165, 1.54) is 12.5 Å². The van der Waals surface area contributed by atoms with Crippen LogP contribution in [-0.4, -0.2) is 35.8 Å². The van der Waals surface area contributed by atoms with Crippen molar-refractivity contribution >= 4 is 23.0 Å². The van der Waals surface area contributed by atoms with Crippen molar-refractivity contribution in [2.45, 2.75) is 66.6 Å². The molecule has 1 atom stereocenters. The third kappa shape index (κ3) is 7.50. The van der Waals surface area contributed by atoms with Gasteiger partial charge >= 0.3 is 0 Å². The van der Waals surface area contributed by atoms with E-state index in [0.717, 1.165) is 58.0 Å². The average molecular weight is 619 g/mol. The van der Waals surface area contributed by atoms with Gasteiger partial charge in [-0.1, -0.05) is 81.8 Å². The highest BCUT2D eigenvalue weighted by atomic mass is 19.1. The first-order valence-electron chi connectivity index (χ1n) is 16.6. The van der Waals surface area contributed by atoms with Gasteiger partial charge in [0.15, 0.2) is 0 Å². The summed E-state index contributed by atoms with van der Waals surface area (Å²) in [6.07, 6.45) is 3.15. The molecule has 1 unspecified atom stereocenters. The smallest absolute Gasteiger partial charge is 0.253 e. The van der Waals surface area contributed by atoms with Crippen LogP contribution in [0.2, 0.25) is 0 Å². The number of carbonyl (C=O) groups excluding carboxylic acids is 1. The largest absolute Gasteiger partial charge is 0.363 e. The predicted octanol–water partition coefficient (Wildman–Crippen LogP) is 9.22. The molecule has 2 heterocycles. The van der Waals surface area contributed by atoms with E-state index in [1.807, 2.05) is 79.4 Å². The van der Waals surface area contributed by atoms with Crippen molar-refractivity contribution in [1.82, 2.24) is 4.90 Å². The molecule has 1 fully saturated rings. The van der Waals surface area contributed by atoms with Crippen LogP contribution >= 0.6 is 0 Å². The topological polar surface area (TPSA) is 59.4 Å². The highest BCUT2D eigenvalue weighted by Crippen LogP contribution is 2.40. The van der Waals surface area contributed by atoms with Gasteiger partial charge in [0.05, 0.1) is 17.1 Å². The molecule has 0 radical (unpaired) electrons. The van der Waals surface area contributed by atoms with E-state index in [-0.39, 0.29) is 17.9 Å². The van der Waals surface area contributed by atoms with Crippen molar-refractivity contribution in [3.05, 3.63) is 130 Å². The Morgan fingerprint density at radius 1 is 0.891 bits per heavy atom. The zero-order valence-corrected chi connectivity index (χ0v) is 27.8. The van der Waals surface area contributed by atoms with Crippen LogP contribution in [0.15, 0.2) is 91.0 Å². The Bertz CT molecular complexity index is 1670. The van der Waals surface area contributed by atoms with Crippen LogP contribution in [0, 0.1) is 36.9 Å². The zero-order valence-electron chi connectivity index (χ0n) is 27.8. The fraction of sp³-hybridized carbons (Fsp3) is 0.350. The molecule has 4 aromatic rings. The number of nitrogens with one attached hydrogen (secondary N) is 2. The first-order chi connectivity index (χ1) is 22.2. The lowest BCUT2D eigenvalue weighted by atomic mass is 9.91. The van der Waals surface area contributed by atoms with Gasteiger partial charge in [0, 0.05) is 42.2 Å². The molecule has 1 amide bonds. The van der Waals surface area contributed by atoms with Crippen molar-refractivity contribution in [1.29, 1.82) is 5.41 Å². The molecule has 4 aromatic carbocycles. The first-order valence-corrected chi connectivity index (χ1v) is 16.6. The number of halogens is 1. The van der Waals surface area contributed by atoms with Crippen LogP contribution in [0.1, 0.15) is 78.2 Å². The molecule has 0 aliphatic carbocycles. The van der Waals surface area contributed by atoms with Crippen LogP contribution in [-0.2, 0) is 6.54 Å². The Balaban J connectivity index is 0.000000775. The highest BCUT2D eigenvalue weighted by molar-refractivity contribution is 6.13. The molecule has 240 valence electrons. The lowest BCUT2D eigenvalue weighted by Gasteiger charge is -2.39. The molecule has 0 saturated carbocycles. The molecule has 2 N–H and O–H groups in total. The monoisotopic (exact) mass is 618 g/mol. The number of amides is 1. The quantitative estimate of drug-likeness (QED) is 0.203. The van der Waals surface area contributed by atoms with Gasteiger partial charge in [0.25, 0.3) is 5.91 Å². The van der Waals surface area contributed by atoms with E-state index >= 15 is 0 Å². The van der Waals surface area contributed by atoms with E-state index in [9.17, 15) is 9.18 Å². The first kappa shape index (κ1) is 32.9. The molecule has 2 aliphatic rings. The summed E-state index contributed by atoms with van der Waals surface area (Å²) in [7, 11) is 0. The maximum absolute atomic E-state index is 13.9. The second-order valence-electron chi connectivity index (χ2n) is 13.0. The minimum absolute atomic E-state index is 0.0415. The number of fused-ring (bicyclic) bond motifs is 1. The van der Waals surface area contributed by atoms with Crippen molar-refractivity contribution < 1.29 is 9.18 Å². The third-order valence-corrected chi connectivity index (χ3v) is 9.34. The number of piperidine rings is 1. The number of carbonyl (C=O) groups is 1. The lowest BCUT2D eigenvalue weighted by Crippen LogP contribution is -2.47. The zero-order chi connectivity index (χ0) is 32.8. The SMILES string of the molecule is CCC(C)C.Cc1ccccc1C(=N)c1ccc(C(=O)N2CCC(C3Nc4ccccc4N3Cc3cccc(F)c3)CC2)cc1C. The maximum Gasteiger partial charge on any atom is 0.253 e. The van der Waals surface area contributed by atoms with Crippen LogP contribution in [0.4, 0.5) is 15.8 Å². The summed E-state index contributed by atoms with van der Waals surface area (Å²) in [4.78, 5) is 17.8. The molecule has 0 spiro atoms. The number of aryl methyl sites for hydroxylation is 2. The van der Waals surface area contributed by atoms with Crippen LogP contribution < -0.4 is 10.2 Å². The Labute approximate surface area is 274 Å². The summed E-state index contributed by atoms with van der Waals surface area (Å²) in [5.74, 6) is 1.05. The number of hydrogen-bond donors (Lipinski definition) is 2. The van der Waals surface area contributed by atoms with Crippen molar-refractivity contribution in [2.75, 3.05) is 23.3 Å². The van der Waals surface area contributed by atoms with E-state index in [1.54, 1.807) is 12.1 Å². The average Bonchev–Trinajstić information content (AvgIpc) is 3.42. The standard InChI is InChI=1S/C35H35FN4O.C5H12/c1-23-8-3-4-11-29(23)33(37)30-15-14-27(20-24(30)2)35(41)39-18-16-26(17-19-39)34-38-31-12-5-6-13-32(31)40(34)22-25-9-7-10-28(36)21-25;1-4-5(2)3/h3-15,20-21,26,34,37-38H,16-19,22H2,1-2H3;5H,4H2,1-3H3. The minimum atomic E-state index is -0.221. The van der Waals surface area contributed by atoms with Gasteiger partial charge in [-0.2, -0.15) is 0 Å². The summed E-state index contributed by atoms with van der Waals surface area (Å²) in [5.41, 5.74) is 8.07. The number of hydrogen-bond acceptors (Lipinski definition) is 4. The van der Waals surface area contributed by atoms with Crippen molar-refractivity contribution in [3.8, 4) is 0 Å². The summed E-state index contributed by atoms with van der Waals surface area (Å²) in [6.45, 7) is 12.6. The van der Waals surface area contributed by atoms with Gasteiger partial charge in [0.2, 0.25) is 0 Å². The van der Waals surface area contributed by atoms with Gasteiger partial charge in [-0.25, -0.2) is 4.39 Å². The van der Waals surface area contributed by atoms with Crippen molar-refractivity contribution in [3.63, 3.8) is 0 Å². The molecular formula is C40H47FN4O. The van der Waals surface area contributed by atoms with E-state index < -0.39 is 0 Å². The molecule has 1 saturated heterocycles. The van der Waals surface area contributed by atoms with E-state index in [0.29, 0.717) is 36.8 Å². The molecule has 46 heavy (non-hydrogen) atoms. The number of likely N-dealkylation sites (tertiary alicyclic amines) is 1. The second kappa shape index (κ2) is 14.8. The molecule has 0 aromatic heterocycles. The Kier molecular flexibility index (Phi) is 10.6. The van der Waals surface area contributed by atoms with Gasteiger partial charge in [-0.15, -0.1) is 0 Å². The van der Waals surface area contributed by atoms with Gasteiger partial charge in [0.1, 0.15) is 12.0 Å². The molecule has 5 nitrogen and oxygen atoms in total. The van der Waals surface area contributed by atoms with E-state index in [4.69, 9.17) is 5.41 Å². The predicted molar refractivity (Wildman–Crippen MR) is 188 cm³/mol. The maximum atomic E-state index is 13.9. The number of rotatable bonds is 7. The van der Waals surface area contributed by atoms with Gasteiger partial charge in [-0.3, -0.25) is 10.2 Å². The third-order valence-electron chi connectivity index (χ3n) is 9.34. The van der Waals surface area contributed by atoms with E-state index in [2.05, 4.69) is 43.1 Å². The Hall–Kier alpha value is -4.45. The Morgan fingerprint density at radius 3 is 2.24 bits per heavy atom. The molecule has 6 rings (SSSR count). The summed E-state index contributed by atoms with van der Waals surface area (Å²) >= 11 is 0. The molecule has 0 bridgehead atoms. The van der Waals surface area contributed by atoms with Crippen molar-refractivity contribution in [2.24, 2.45) is 11.8 Å². The summed E-state index contributed by atoms with van der Waals surface area (Å²) < 4.78 is 13.9. The van der Waals surface area contributed by atoms with Crippen LogP contribution in [0.5, 0.6) is 0 Å². The Morgan fingerprint density at radius 2 is 1.57 bits per heavy atom. The normalized spacial score (nSPS) is 16.0. The number of para-hydroxylation sites is 2. The summed E-state index contributed by atoms with van der Waals surface area (Å²) in [6, 6.07) is 28.7. The van der Waals surface area contributed by atoms with Crippen LogP contribution in [0.3, 0.4) is 0 Å². The molecule has 6 heteroatoms. The molecular weight excluding hydrogens is 571 g/mol. The lowest BCUT2D eigenvalue weighted by molar-refractivity contribution is 0.0681. The van der Waals surface area contributed by atoms with Crippen LogP contribution in [0.25, 0.3) is 0 Å². The number of anilines is 2. The number of benzene rings is 4.